The van der Waals surface area contributed by atoms with Crippen molar-refractivity contribution in [3.8, 4) is 0 Å². The van der Waals surface area contributed by atoms with E-state index in [1.165, 1.54) is 19.3 Å². The van der Waals surface area contributed by atoms with Crippen LogP contribution in [0, 0.1) is 0 Å². The van der Waals surface area contributed by atoms with Crippen molar-refractivity contribution in [1.82, 2.24) is 0 Å². The Morgan fingerprint density at radius 1 is 1.33 bits per heavy atom. The second kappa shape index (κ2) is 4.04. The lowest BCUT2D eigenvalue weighted by Gasteiger charge is -2.33. The molecule has 1 aliphatic rings. The molecule has 1 fully saturated rings. The fourth-order valence-corrected chi connectivity index (χ4v) is 1.72. The summed E-state index contributed by atoms with van der Waals surface area (Å²) in [6.45, 7) is 3.98. The predicted octanol–water partition coefficient (Wildman–Crippen LogP) is 2.31. The third-order valence-electron chi connectivity index (χ3n) is 2.54. The van der Waals surface area contributed by atoms with Crippen molar-refractivity contribution in [2.75, 3.05) is 6.61 Å². The first-order valence-corrected chi connectivity index (χ1v) is 4.76. The number of carbonyl (C=O) groups excluding carboxylic acids is 1. The number of hydrogen-bond donors (Lipinski definition) is 0. The zero-order chi connectivity index (χ0) is 9.03. The molecule has 0 bridgehead atoms. The normalized spacial score (nSPS) is 22.2. The average Bonchev–Trinajstić information content (AvgIpc) is 2.03. The maximum atomic E-state index is 10.7. The number of hydrogen-bond acceptors (Lipinski definition) is 2. The monoisotopic (exact) mass is 170 g/mol. The van der Waals surface area contributed by atoms with Crippen LogP contribution >= 0.6 is 0 Å². The summed E-state index contributed by atoms with van der Waals surface area (Å²) in [6, 6.07) is 0. The van der Waals surface area contributed by atoms with Gasteiger partial charge in [-0.2, -0.15) is 0 Å². The second-order valence-electron chi connectivity index (χ2n) is 4.00. The zero-order valence-corrected chi connectivity index (χ0v) is 8.06. The van der Waals surface area contributed by atoms with E-state index in [0.717, 1.165) is 12.8 Å². The molecule has 0 aromatic heterocycles. The summed E-state index contributed by atoms with van der Waals surface area (Å²) < 4.78 is 5.58. The largest absolute Gasteiger partial charge is 0.368 e. The molecule has 2 heteroatoms. The molecule has 70 valence electrons. The minimum Gasteiger partial charge on any atom is -0.368 e. The molecule has 1 saturated carbocycles. The van der Waals surface area contributed by atoms with Gasteiger partial charge in [-0.25, -0.2) is 0 Å². The number of ether oxygens (including phenoxy) is 1. The molecule has 2 nitrogen and oxygen atoms in total. The number of ketones is 1. The molecule has 0 radical (unpaired) electrons. The minimum absolute atomic E-state index is 0.01000. The van der Waals surface area contributed by atoms with Gasteiger partial charge in [0.25, 0.3) is 0 Å². The summed E-state index contributed by atoms with van der Waals surface area (Å²) in [5.41, 5.74) is -0.01000. The van der Waals surface area contributed by atoms with Gasteiger partial charge in [-0.3, -0.25) is 4.79 Å². The van der Waals surface area contributed by atoms with Crippen LogP contribution in [0.4, 0.5) is 0 Å². The van der Waals surface area contributed by atoms with Crippen molar-refractivity contribution in [2.24, 2.45) is 0 Å². The standard InChI is InChI=1S/C10H18O2/c1-9(11)8-12-10(2)6-4-3-5-7-10/h3-8H2,1-2H3. The first kappa shape index (κ1) is 9.72. The molecule has 0 saturated heterocycles. The van der Waals surface area contributed by atoms with Crippen molar-refractivity contribution in [3.63, 3.8) is 0 Å². The summed E-state index contributed by atoms with van der Waals surface area (Å²) in [5.74, 6) is 0.127. The lowest BCUT2D eigenvalue weighted by molar-refractivity contribution is -0.130. The number of rotatable bonds is 3. The molecule has 0 aromatic carbocycles. The van der Waals surface area contributed by atoms with Gasteiger partial charge in [-0.15, -0.1) is 0 Å². The van der Waals surface area contributed by atoms with E-state index < -0.39 is 0 Å². The Morgan fingerprint density at radius 3 is 2.42 bits per heavy atom. The van der Waals surface area contributed by atoms with Gasteiger partial charge < -0.3 is 4.74 Å². The first-order valence-electron chi connectivity index (χ1n) is 4.76. The van der Waals surface area contributed by atoms with Gasteiger partial charge in [0, 0.05) is 0 Å². The van der Waals surface area contributed by atoms with Crippen LogP contribution < -0.4 is 0 Å². The van der Waals surface area contributed by atoms with Crippen LogP contribution in [0.15, 0.2) is 0 Å². The van der Waals surface area contributed by atoms with E-state index in [0.29, 0.717) is 0 Å². The summed E-state index contributed by atoms with van der Waals surface area (Å²) in [6.07, 6.45) is 6.03. The van der Waals surface area contributed by atoms with Gasteiger partial charge in [0.2, 0.25) is 0 Å². The molecule has 0 heterocycles. The maximum Gasteiger partial charge on any atom is 0.155 e. The van der Waals surface area contributed by atoms with E-state index in [-0.39, 0.29) is 18.0 Å². The molecule has 0 spiro atoms. The van der Waals surface area contributed by atoms with Gasteiger partial charge in [-0.1, -0.05) is 19.3 Å². The molecule has 12 heavy (non-hydrogen) atoms. The molecular formula is C10H18O2. The molecule has 0 aliphatic heterocycles. The van der Waals surface area contributed by atoms with Crippen molar-refractivity contribution in [2.45, 2.75) is 51.6 Å². The van der Waals surface area contributed by atoms with E-state index in [1.54, 1.807) is 6.92 Å². The van der Waals surface area contributed by atoms with Crippen molar-refractivity contribution in [3.05, 3.63) is 0 Å². The Kier molecular flexibility index (Phi) is 3.27. The Hall–Kier alpha value is -0.370. The van der Waals surface area contributed by atoms with Crippen LogP contribution in [-0.2, 0) is 9.53 Å². The van der Waals surface area contributed by atoms with Crippen molar-refractivity contribution >= 4 is 5.78 Å². The molecule has 0 atom stereocenters. The van der Waals surface area contributed by atoms with E-state index in [1.807, 2.05) is 0 Å². The summed E-state index contributed by atoms with van der Waals surface area (Å²) in [4.78, 5) is 10.7. The van der Waals surface area contributed by atoms with E-state index in [4.69, 9.17) is 4.74 Å². The molecule has 0 aromatic rings. The van der Waals surface area contributed by atoms with E-state index in [2.05, 4.69) is 6.92 Å². The summed E-state index contributed by atoms with van der Waals surface area (Å²) in [5, 5.41) is 0. The minimum atomic E-state index is -0.01000. The molecular weight excluding hydrogens is 152 g/mol. The first-order chi connectivity index (χ1) is 5.62. The SMILES string of the molecule is CC(=O)COC1(C)CCCCC1. The summed E-state index contributed by atoms with van der Waals surface area (Å²) >= 11 is 0. The van der Waals surface area contributed by atoms with Gasteiger partial charge >= 0.3 is 0 Å². The smallest absolute Gasteiger partial charge is 0.155 e. The fraction of sp³-hybridized carbons (Fsp3) is 0.900. The highest BCUT2D eigenvalue weighted by Crippen LogP contribution is 2.30. The quantitative estimate of drug-likeness (QED) is 0.649. The molecule has 1 aliphatic carbocycles. The third kappa shape index (κ3) is 2.94. The van der Waals surface area contributed by atoms with Crippen LogP contribution in [-0.4, -0.2) is 18.0 Å². The topological polar surface area (TPSA) is 26.3 Å². The molecule has 0 unspecified atom stereocenters. The lowest BCUT2D eigenvalue weighted by Crippen LogP contribution is -2.32. The van der Waals surface area contributed by atoms with Gasteiger partial charge in [0.15, 0.2) is 5.78 Å². The van der Waals surface area contributed by atoms with Crippen LogP contribution in [0.3, 0.4) is 0 Å². The molecule has 1 rings (SSSR count). The highest BCUT2D eigenvalue weighted by molar-refractivity contribution is 5.76. The van der Waals surface area contributed by atoms with E-state index in [9.17, 15) is 4.79 Å². The third-order valence-corrected chi connectivity index (χ3v) is 2.54. The van der Waals surface area contributed by atoms with Gasteiger partial charge in [-0.05, 0) is 26.7 Å². The van der Waals surface area contributed by atoms with Gasteiger partial charge in [0.1, 0.15) is 6.61 Å². The fourth-order valence-electron chi connectivity index (χ4n) is 1.72. The highest BCUT2D eigenvalue weighted by Gasteiger charge is 2.27. The zero-order valence-electron chi connectivity index (χ0n) is 8.06. The Balaban J connectivity index is 2.31. The van der Waals surface area contributed by atoms with Crippen molar-refractivity contribution in [1.29, 1.82) is 0 Å². The summed E-state index contributed by atoms with van der Waals surface area (Å²) in [7, 11) is 0. The predicted molar refractivity (Wildman–Crippen MR) is 48.1 cm³/mol. The Morgan fingerprint density at radius 2 is 1.92 bits per heavy atom. The number of Topliss-reactive ketones (excluding diaryl/α,β-unsaturated/α-hetero) is 1. The lowest BCUT2D eigenvalue weighted by atomic mass is 9.86. The van der Waals surface area contributed by atoms with Crippen LogP contribution in [0.1, 0.15) is 46.0 Å². The van der Waals surface area contributed by atoms with Crippen molar-refractivity contribution < 1.29 is 9.53 Å². The highest BCUT2D eigenvalue weighted by atomic mass is 16.5. The van der Waals surface area contributed by atoms with Crippen LogP contribution in [0.2, 0.25) is 0 Å². The second-order valence-corrected chi connectivity index (χ2v) is 4.00. The van der Waals surface area contributed by atoms with Crippen LogP contribution in [0.25, 0.3) is 0 Å². The maximum absolute atomic E-state index is 10.7. The van der Waals surface area contributed by atoms with E-state index >= 15 is 0 Å². The molecule has 0 N–H and O–H groups in total. The van der Waals surface area contributed by atoms with Gasteiger partial charge in [0.05, 0.1) is 5.60 Å². The Bertz CT molecular complexity index is 157. The Labute approximate surface area is 74.3 Å². The molecule has 0 amide bonds. The van der Waals surface area contributed by atoms with Crippen LogP contribution in [0.5, 0.6) is 0 Å². The number of carbonyl (C=O) groups is 1. The average molecular weight is 170 g/mol.